The third kappa shape index (κ3) is 2.48. The molecule has 60 valence electrons. The van der Waals surface area contributed by atoms with Crippen molar-refractivity contribution >= 4 is 17.4 Å². The van der Waals surface area contributed by atoms with Gasteiger partial charge in [0, 0.05) is 10.9 Å². The van der Waals surface area contributed by atoms with Gasteiger partial charge in [-0.2, -0.15) is 0 Å². The van der Waals surface area contributed by atoms with Gasteiger partial charge in [-0.3, -0.25) is 0 Å². The van der Waals surface area contributed by atoms with Crippen LogP contribution in [0.5, 0.6) is 0 Å². The molecule has 0 saturated heterocycles. The third-order valence-electron chi connectivity index (χ3n) is 1.48. The van der Waals surface area contributed by atoms with Crippen LogP contribution < -0.4 is 5.73 Å². The molecule has 2 heteroatoms. The van der Waals surface area contributed by atoms with Crippen molar-refractivity contribution in [3.63, 3.8) is 0 Å². The second-order valence-corrected chi connectivity index (χ2v) is 3.77. The summed E-state index contributed by atoms with van der Waals surface area (Å²) in [6.07, 6.45) is 4.09. The van der Waals surface area contributed by atoms with Gasteiger partial charge in [-0.1, -0.05) is 12.2 Å². The van der Waals surface area contributed by atoms with E-state index in [9.17, 15) is 0 Å². The second-order valence-electron chi connectivity index (χ2n) is 2.65. The summed E-state index contributed by atoms with van der Waals surface area (Å²) >= 11 is 1.76. The van der Waals surface area contributed by atoms with Crippen LogP contribution in [0.1, 0.15) is 17.4 Å². The van der Waals surface area contributed by atoms with Crippen molar-refractivity contribution in [1.82, 2.24) is 0 Å². The minimum atomic E-state index is 0.147. The van der Waals surface area contributed by atoms with E-state index in [1.165, 1.54) is 10.4 Å². The molecule has 2 N–H and O–H groups in total. The van der Waals surface area contributed by atoms with Crippen molar-refractivity contribution in [1.29, 1.82) is 0 Å². The van der Waals surface area contributed by atoms with Gasteiger partial charge in [0.25, 0.3) is 0 Å². The van der Waals surface area contributed by atoms with Gasteiger partial charge in [-0.05, 0) is 30.9 Å². The van der Waals surface area contributed by atoms with Crippen molar-refractivity contribution in [3.8, 4) is 0 Å². The average molecular weight is 167 g/mol. The zero-order valence-electron chi connectivity index (χ0n) is 6.87. The molecule has 11 heavy (non-hydrogen) atoms. The van der Waals surface area contributed by atoms with Gasteiger partial charge in [0.15, 0.2) is 0 Å². The van der Waals surface area contributed by atoms with Crippen molar-refractivity contribution in [3.05, 3.63) is 28.0 Å². The van der Waals surface area contributed by atoms with Gasteiger partial charge in [0.1, 0.15) is 0 Å². The molecule has 1 unspecified atom stereocenters. The van der Waals surface area contributed by atoms with E-state index in [1.54, 1.807) is 11.3 Å². The summed E-state index contributed by atoms with van der Waals surface area (Å²) in [5, 5.41) is 2.09. The number of nitrogens with two attached hydrogens (primary N) is 1. The Morgan fingerprint density at radius 3 is 2.82 bits per heavy atom. The Balaban J connectivity index is 2.71. The first-order valence-corrected chi connectivity index (χ1v) is 4.56. The minimum absolute atomic E-state index is 0.147. The van der Waals surface area contributed by atoms with Crippen LogP contribution in [0.3, 0.4) is 0 Å². The molecule has 0 bridgehead atoms. The molecular weight excluding hydrogens is 154 g/mol. The van der Waals surface area contributed by atoms with Crippen molar-refractivity contribution < 1.29 is 0 Å². The van der Waals surface area contributed by atoms with E-state index in [-0.39, 0.29) is 6.04 Å². The molecule has 1 nitrogen and oxygen atoms in total. The van der Waals surface area contributed by atoms with E-state index in [4.69, 9.17) is 5.73 Å². The molecule has 0 radical (unpaired) electrons. The van der Waals surface area contributed by atoms with E-state index in [0.717, 1.165) is 0 Å². The Bertz CT molecular complexity index is 248. The van der Waals surface area contributed by atoms with Gasteiger partial charge < -0.3 is 5.73 Å². The van der Waals surface area contributed by atoms with Gasteiger partial charge in [0.2, 0.25) is 0 Å². The number of rotatable bonds is 2. The molecular formula is C9H13NS. The highest BCUT2D eigenvalue weighted by Crippen LogP contribution is 2.16. The summed E-state index contributed by atoms with van der Waals surface area (Å²) in [7, 11) is 0. The summed E-state index contributed by atoms with van der Waals surface area (Å²) in [4.78, 5) is 1.35. The number of thiophene rings is 1. The van der Waals surface area contributed by atoms with E-state index >= 15 is 0 Å². The van der Waals surface area contributed by atoms with E-state index in [0.29, 0.717) is 0 Å². The fraction of sp³-hybridized carbons (Fsp3) is 0.333. The predicted molar refractivity (Wildman–Crippen MR) is 51.7 cm³/mol. The standard InChI is InChI=1S/C9H13NS/c1-7(10)3-4-9-5-6-11-8(9)2/h3-7H,10H2,1-2H3/b4-3+. The van der Waals surface area contributed by atoms with Crippen LogP contribution in [0.15, 0.2) is 17.5 Å². The molecule has 0 fully saturated rings. The average Bonchev–Trinajstić information content (AvgIpc) is 2.31. The maximum atomic E-state index is 5.58. The van der Waals surface area contributed by atoms with E-state index in [2.05, 4.69) is 24.4 Å². The summed E-state index contributed by atoms with van der Waals surface area (Å²) in [5.41, 5.74) is 6.86. The molecule has 1 aromatic rings. The summed E-state index contributed by atoms with van der Waals surface area (Å²) in [6, 6.07) is 2.26. The quantitative estimate of drug-likeness (QED) is 0.719. The first kappa shape index (κ1) is 8.50. The highest BCUT2D eigenvalue weighted by molar-refractivity contribution is 7.10. The Morgan fingerprint density at radius 2 is 2.36 bits per heavy atom. The number of hydrogen-bond donors (Lipinski definition) is 1. The Labute approximate surface area is 71.5 Å². The van der Waals surface area contributed by atoms with E-state index < -0.39 is 0 Å². The molecule has 0 aromatic carbocycles. The lowest BCUT2D eigenvalue weighted by atomic mass is 10.2. The summed E-state index contributed by atoms with van der Waals surface area (Å²) < 4.78 is 0. The van der Waals surface area contributed by atoms with Crippen LogP contribution >= 0.6 is 11.3 Å². The summed E-state index contributed by atoms with van der Waals surface area (Å²) in [5.74, 6) is 0. The lowest BCUT2D eigenvalue weighted by Gasteiger charge is -1.93. The zero-order valence-corrected chi connectivity index (χ0v) is 7.69. The van der Waals surface area contributed by atoms with Gasteiger partial charge in [-0.25, -0.2) is 0 Å². The smallest absolute Gasteiger partial charge is 0.0198 e. The van der Waals surface area contributed by atoms with Crippen molar-refractivity contribution in [2.24, 2.45) is 5.73 Å². The molecule has 1 heterocycles. The molecule has 1 aromatic heterocycles. The highest BCUT2D eigenvalue weighted by Gasteiger charge is 1.93. The Morgan fingerprint density at radius 1 is 1.64 bits per heavy atom. The topological polar surface area (TPSA) is 26.0 Å². The molecule has 0 spiro atoms. The maximum absolute atomic E-state index is 5.58. The van der Waals surface area contributed by atoms with Gasteiger partial charge >= 0.3 is 0 Å². The summed E-state index contributed by atoms with van der Waals surface area (Å²) in [6.45, 7) is 4.09. The van der Waals surface area contributed by atoms with E-state index in [1.807, 2.05) is 13.0 Å². The highest BCUT2D eigenvalue weighted by atomic mass is 32.1. The molecule has 0 saturated carbocycles. The van der Waals surface area contributed by atoms with Crippen LogP contribution in [0, 0.1) is 6.92 Å². The monoisotopic (exact) mass is 167 g/mol. The number of aryl methyl sites for hydroxylation is 1. The van der Waals surface area contributed by atoms with Crippen LogP contribution in [0.2, 0.25) is 0 Å². The van der Waals surface area contributed by atoms with Crippen LogP contribution in [0.4, 0.5) is 0 Å². The molecule has 0 aliphatic rings. The lowest BCUT2D eigenvalue weighted by molar-refractivity contribution is 0.931. The Kier molecular flexibility index (Phi) is 2.85. The second kappa shape index (κ2) is 3.69. The molecule has 0 amide bonds. The molecule has 0 aliphatic carbocycles. The zero-order chi connectivity index (χ0) is 8.27. The lowest BCUT2D eigenvalue weighted by Crippen LogP contribution is -2.09. The largest absolute Gasteiger partial charge is 0.325 e. The molecule has 1 atom stereocenters. The third-order valence-corrected chi connectivity index (χ3v) is 2.34. The van der Waals surface area contributed by atoms with Gasteiger partial charge in [0.05, 0.1) is 0 Å². The van der Waals surface area contributed by atoms with Crippen LogP contribution in [-0.2, 0) is 0 Å². The van der Waals surface area contributed by atoms with Gasteiger partial charge in [-0.15, -0.1) is 11.3 Å². The van der Waals surface area contributed by atoms with Crippen LogP contribution in [0.25, 0.3) is 6.08 Å². The first-order valence-electron chi connectivity index (χ1n) is 3.68. The molecule has 1 rings (SSSR count). The minimum Gasteiger partial charge on any atom is -0.325 e. The normalized spacial score (nSPS) is 14.1. The predicted octanol–water partition coefficient (Wildman–Crippen LogP) is 2.42. The van der Waals surface area contributed by atoms with Crippen molar-refractivity contribution in [2.75, 3.05) is 0 Å². The number of hydrogen-bond acceptors (Lipinski definition) is 2. The molecule has 0 aliphatic heterocycles. The first-order chi connectivity index (χ1) is 5.20. The van der Waals surface area contributed by atoms with Crippen LogP contribution in [-0.4, -0.2) is 6.04 Å². The Hall–Kier alpha value is -0.600. The maximum Gasteiger partial charge on any atom is 0.0198 e. The SMILES string of the molecule is Cc1sccc1/C=C/C(C)N. The fourth-order valence-corrected chi connectivity index (χ4v) is 1.51. The van der Waals surface area contributed by atoms with Crippen molar-refractivity contribution in [2.45, 2.75) is 19.9 Å². The fourth-order valence-electron chi connectivity index (χ4n) is 0.823.